The van der Waals surface area contributed by atoms with Gasteiger partial charge in [-0.05, 0) is 6.92 Å². The van der Waals surface area contributed by atoms with Crippen LogP contribution in [0, 0.1) is 0 Å². The summed E-state index contributed by atoms with van der Waals surface area (Å²) in [7, 11) is 0. The van der Waals surface area contributed by atoms with Gasteiger partial charge in [0.25, 0.3) is 0 Å². The summed E-state index contributed by atoms with van der Waals surface area (Å²) in [6, 6.07) is -5.97. The molecule has 9 N–H and O–H groups in total. The van der Waals surface area contributed by atoms with Crippen LogP contribution in [0.4, 0.5) is 0 Å². The van der Waals surface area contributed by atoms with Crippen molar-refractivity contribution in [3.63, 3.8) is 0 Å². The number of nitrogens with two attached hydrogens (primary N) is 1. The predicted molar refractivity (Wildman–Crippen MR) is 104 cm³/mol. The minimum absolute atomic E-state index is 0.207. The minimum atomic E-state index is -1.76. The summed E-state index contributed by atoms with van der Waals surface area (Å²) < 4.78 is 0. The Morgan fingerprint density at radius 1 is 0.906 bits per heavy atom. The Morgan fingerprint density at radius 3 is 1.75 bits per heavy atom. The van der Waals surface area contributed by atoms with Crippen LogP contribution in [0.25, 0.3) is 0 Å². The van der Waals surface area contributed by atoms with E-state index in [9.17, 15) is 33.9 Å². The number of aromatic amines is 1. The van der Waals surface area contributed by atoms with Crippen LogP contribution in [-0.2, 0) is 35.2 Å². The first-order valence-corrected chi connectivity index (χ1v) is 9.21. The third kappa shape index (κ3) is 8.78. The molecule has 0 spiro atoms. The third-order valence-corrected chi connectivity index (χ3v) is 4.03. The van der Waals surface area contributed by atoms with E-state index in [0.717, 1.165) is 0 Å². The number of hydrogen-bond acceptors (Lipinski definition) is 8. The Bertz CT molecular complexity index is 855. The molecule has 0 saturated carbocycles. The summed E-state index contributed by atoms with van der Waals surface area (Å²) in [6.07, 6.45) is 0.609. The number of carboxylic acid groups (broad SMARTS) is 3. The van der Waals surface area contributed by atoms with E-state index in [-0.39, 0.29) is 6.42 Å². The summed E-state index contributed by atoms with van der Waals surface area (Å²) in [5, 5.41) is 33.6. The Morgan fingerprint density at radius 2 is 1.38 bits per heavy atom. The van der Waals surface area contributed by atoms with Gasteiger partial charge in [0.05, 0.1) is 25.2 Å². The highest BCUT2D eigenvalue weighted by molar-refractivity contribution is 5.96. The quantitative estimate of drug-likeness (QED) is 0.146. The molecule has 4 atom stereocenters. The first kappa shape index (κ1) is 26.0. The predicted octanol–water partition coefficient (Wildman–Crippen LogP) is -3.21. The van der Waals surface area contributed by atoms with Crippen LogP contribution in [0.2, 0.25) is 0 Å². The Labute approximate surface area is 180 Å². The number of rotatable bonds is 13. The lowest BCUT2D eigenvalue weighted by atomic mass is 10.1. The fraction of sp³-hybridized carbons (Fsp3) is 0.471. The first-order chi connectivity index (χ1) is 14.9. The molecule has 3 amide bonds. The minimum Gasteiger partial charge on any atom is -0.481 e. The van der Waals surface area contributed by atoms with Crippen molar-refractivity contribution >= 4 is 35.6 Å². The van der Waals surface area contributed by atoms with Gasteiger partial charge in [-0.1, -0.05) is 0 Å². The molecule has 0 bridgehead atoms. The highest BCUT2D eigenvalue weighted by Gasteiger charge is 2.32. The molecule has 0 aliphatic heterocycles. The van der Waals surface area contributed by atoms with Crippen LogP contribution in [0.15, 0.2) is 12.5 Å². The molecule has 1 aromatic heterocycles. The topological polar surface area (TPSA) is 254 Å². The van der Waals surface area contributed by atoms with Gasteiger partial charge in [-0.2, -0.15) is 0 Å². The summed E-state index contributed by atoms with van der Waals surface area (Å²) >= 11 is 0. The number of nitrogens with one attached hydrogen (secondary N) is 4. The molecular formula is C17H24N6O9. The van der Waals surface area contributed by atoms with Gasteiger partial charge >= 0.3 is 17.9 Å². The van der Waals surface area contributed by atoms with Gasteiger partial charge < -0.3 is 42.0 Å². The van der Waals surface area contributed by atoms with Crippen molar-refractivity contribution in [2.75, 3.05) is 0 Å². The molecule has 32 heavy (non-hydrogen) atoms. The summed E-state index contributed by atoms with van der Waals surface area (Å²) in [5.74, 6) is -7.54. The van der Waals surface area contributed by atoms with Crippen LogP contribution in [0.5, 0.6) is 0 Å². The number of amides is 3. The molecule has 15 nitrogen and oxygen atoms in total. The SMILES string of the molecule is CC(N)C(=O)NC(CC(=O)O)C(=O)NC(CC(=O)O)C(=O)NC(Cc1cnc[nH]1)C(=O)O. The highest BCUT2D eigenvalue weighted by atomic mass is 16.4. The van der Waals surface area contributed by atoms with Crippen molar-refractivity contribution in [3.05, 3.63) is 18.2 Å². The van der Waals surface area contributed by atoms with Gasteiger partial charge in [-0.25, -0.2) is 9.78 Å². The number of aromatic nitrogens is 2. The standard InChI is InChI=1S/C17H24N6O9/c1-7(18)14(28)21-9(3-12(24)25)15(29)22-10(4-13(26)27)16(30)23-11(17(31)32)2-8-5-19-6-20-8/h5-7,9-11H,2-4,18H2,1H3,(H,19,20)(H,21,28)(H,22,29)(H,23,30)(H,24,25)(H,26,27)(H,31,32). The number of imidazole rings is 1. The fourth-order valence-electron chi connectivity index (χ4n) is 2.43. The lowest BCUT2D eigenvalue weighted by Crippen LogP contribution is -2.57. The Hall–Kier alpha value is -4.01. The number of nitrogens with zero attached hydrogens (tertiary/aromatic N) is 1. The second-order valence-corrected chi connectivity index (χ2v) is 6.79. The smallest absolute Gasteiger partial charge is 0.326 e. The molecule has 15 heteroatoms. The van der Waals surface area contributed by atoms with E-state index in [1.54, 1.807) is 0 Å². The number of carboxylic acids is 3. The number of aliphatic carboxylic acids is 3. The molecule has 0 aliphatic carbocycles. The van der Waals surface area contributed by atoms with E-state index in [1.165, 1.54) is 19.4 Å². The summed E-state index contributed by atoms with van der Waals surface area (Å²) in [6.45, 7) is 1.29. The van der Waals surface area contributed by atoms with Crippen molar-refractivity contribution in [3.8, 4) is 0 Å². The van der Waals surface area contributed by atoms with Crippen LogP contribution < -0.4 is 21.7 Å². The first-order valence-electron chi connectivity index (χ1n) is 9.21. The van der Waals surface area contributed by atoms with Crippen LogP contribution in [-0.4, -0.2) is 85.1 Å². The van der Waals surface area contributed by atoms with Crippen molar-refractivity contribution in [1.29, 1.82) is 0 Å². The van der Waals surface area contributed by atoms with E-state index in [0.29, 0.717) is 5.69 Å². The van der Waals surface area contributed by atoms with E-state index in [4.69, 9.17) is 15.9 Å². The molecule has 0 aromatic carbocycles. The number of H-pyrrole nitrogens is 1. The van der Waals surface area contributed by atoms with E-state index >= 15 is 0 Å². The molecule has 1 rings (SSSR count). The molecule has 0 fully saturated rings. The molecule has 0 saturated heterocycles. The maximum Gasteiger partial charge on any atom is 0.326 e. The van der Waals surface area contributed by atoms with Crippen molar-refractivity contribution in [1.82, 2.24) is 25.9 Å². The maximum absolute atomic E-state index is 12.5. The van der Waals surface area contributed by atoms with Gasteiger partial charge in [-0.3, -0.25) is 24.0 Å². The second-order valence-electron chi connectivity index (χ2n) is 6.79. The Kier molecular flexibility index (Phi) is 9.75. The zero-order chi connectivity index (χ0) is 24.4. The maximum atomic E-state index is 12.5. The Balaban J connectivity index is 2.98. The number of hydrogen-bond donors (Lipinski definition) is 8. The average molecular weight is 456 g/mol. The number of carbonyl (C=O) groups is 6. The lowest BCUT2D eigenvalue weighted by molar-refractivity contribution is -0.144. The van der Waals surface area contributed by atoms with Crippen LogP contribution in [0.1, 0.15) is 25.5 Å². The molecule has 176 valence electrons. The molecule has 4 unspecified atom stereocenters. The highest BCUT2D eigenvalue weighted by Crippen LogP contribution is 2.03. The third-order valence-electron chi connectivity index (χ3n) is 4.03. The average Bonchev–Trinajstić information content (AvgIpc) is 3.18. The van der Waals surface area contributed by atoms with Gasteiger partial charge in [0.1, 0.15) is 18.1 Å². The molecule has 1 aromatic rings. The van der Waals surface area contributed by atoms with E-state index in [1.807, 2.05) is 5.32 Å². The summed E-state index contributed by atoms with van der Waals surface area (Å²) in [4.78, 5) is 76.8. The molecule has 0 aliphatic rings. The normalized spacial score (nSPS) is 14.3. The van der Waals surface area contributed by atoms with E-state index < -0.39 is 72.6 Å². The number of carbonyl (C=O) groups excluding carboxylic acids is 3. The zero-order valence-corrected chi connectivity index (χ0v) is 16.9. The zero-order valence-electron chi connectivity index (χ0n) is 16.9. The monoisotopic (exact) mass is 456 g/mol. The second kappa shape index (κ2) is 12.0. The molecular weight excluding hydrogens is 432 g/mol. The van der Waals surface area contributed by atoms with Gasteiger partial charge in [0, 0.05) is 18.3 Å². The van der Waals surface area contributed by atoms with Crippen LogP contribution >= 0.6 is 0 Å². The van der Waals surface area contributed by atoms with Gasteiger partial charge in [0.2, 0.25) is 17.7 Å². The fourth-order valence-corrected chi connectivity index (χ4v) is 2.43. The van der Waals surface area contributed by atoms with Crippen molar-refractivity contribution in [2.45, 2.75) is 50.4 Å². The lowest BCUT2D eigenvalue weighted by Gasteiger charge is -2.23. The summed E-state index contributed by atoms with van der Waals surface area (Å²) in [5.41, 5.74) is 5.75. The van der Waals surface area contributed by atoms with Crippen LogP contribution in [0.3, 0.4) is 0 Å². The molecule has 0 radical (unpaired) electrons. The van der Waals surface area contributed by atoms with Gasteiger partial charge in [-0.15, -0.1) is 0 Å². The van der Waals surface area contributed by atoms with Gasteiger partial charge in [0.15, 0.2) is 0 Å². The largest absolute Gasteiger partial charge is 0.481 e. The van der Waals surface area contributed by atoms with Crippen molar-refractivity contribution < 1.29 is 44.1 Å². The van der Waals surface area contributed by atoms with Crippen molar-refractivity contribution in [2.24, 2.45) is 5.73 Å². The molecule has 1 heterocycles. The van der Waals surface area contributed by atoms with E-state index in [2.05, 4.69) is 20.6 Å².